The van der Waals surface area contributed by atoms with Crippen LogP contribution in [0, 0.1) is 0 Å². The zero-order chi connectivity index (χ0) is 12.8. The van der Waals surface area contributed by atoms with Crippen molar-refractivity contribution in [2.75, 3.05) is 25.5 Å². The van der Waals surface area contributed by atoms with Gasteiger partial charge >= 0.3 is 5.97 Å². The summed E-state index contributed by atoms with van der Waals surface area (Å²) >= 11 is 6.88. The molecule has 0 saturated carbocycles. The Bertz CT molecular complexity index is 422. The van der Waals surface area contributed by atoms with Crippen molar-refractivity contribution < 1.29 is 14.3 Å². The van der Waals surface area contributed by atoms with Crippen molar-refractivity contribution in [3.8, 4) is 0 Å². The first-order valence-corrected chi connectivity index (χ1v) is 5.97. The van der Waals surface area contributed by atoms with E-state index in [1.165, 1.54) is 14.0 Å². The number of amides is 1. The molecule has 0 bridgehead atoms. The van der Waals surface area contributed by atoms with Gasteiger partial charge in [0, 0.05) is 20.0 Å². The average Bonchev–Trinajstić information content (AvgIpc) is 2.65. The normalized spacial score (nSPS) is 9.82. The van der Waals surface area contributed by atoms with Crippen LogP contribution in [0.25, 0.3) is 0 Å². The standard InChI is InChI=1S/C9H12ClN3O3S/c1-5(14)11-3-4-12-9-13-7(10)6(17-9)8(15)16-2/h3-4H2,1-2H3,(H,11,14)(H,12,13). The second-order valence-corrected chi connectivity index (χ2v) is 4.40. The van der Waals surface area contributed by atoms with Gasteiger partial charge in [0.1, 0.15) is 0 Å². The smallest absolute Gasteiger partial charge is 0.351 e. The zero-order valence-corrected chi connectivity index (χ0v) is 10.9. The number of ether oxygens (including phenoxy) is 1. The van der Waals surface area contributed by atoms with E-state index in [-0.39, 0.29) is 15.9 Å². The van der Waals surface area contributed by atoms with Crippen molar-refractivity contribution in [3.63, 3.8) is 0 Å². The summed E-state index contributed by atoms with van der Waals surface area (Å²) in [6.07, 6.45) is 0. The molecule has 1 rings (SSSR count). The fraction of sp³-hybridized carbons (Fsp3) is 0.444. The monoisotopic (exact) mass is 277 g/mol. The Kier molecular flexibility index (Phi) is 5.17. The van der Waals surface area contributed by atoms with Gasteiger partial charge in [-0.1, -0.05) is 22.9 Å². The van der Waals surface area contributed by atoms with Gasteiger partial charge in [-0.2, -0.15) is 0 Å². The largest absolute Gasteiger partial charge is 0.465 e. The van der Waals surface area contributed by atoms with Crippen LogP contribution in [0.4, 0.5) is 5.13 Å². The van der Waals surface area contributed by atoms with E-state index in [1.54, 1.807) is 0 Å². The molecule has 0 aliphatic carbocycles. The number of nitrogens with zero attached hydrogens (tertiary/aromatic N) is 1. The van der Waals surface area contributed by atoms with Crippen molar-refractivity contribution in [1.82, 2.24) is 10.3 Å². The molecule has 8 heteroatoms. The summed E-state index contributed by atoms with van der Waals surface area (Å²) in [7, 11) is 1.28. The maximum atomic E-state index is 11.2. The summed E-state index contributed by atoms with van der Waals surface area (Å²) in [5.74, 6) is -0.610. The molecule has 0 radical (unpaired) electrons. The number of esters is 1. The van der Waals surface area contributed by atoms with Gasteiger partial charge in [0.2, 0.25) is 5.91 Å². The molecular weight excluding hydrogens is 266 g/mol. The van der Waals surface area contributed by atoms with E-state index in [4.69, 9.17) is 11.6 Å². The molecule has 0 aromatic carbocycles. The number of carbonyl (C=O) groups is 2. The Morgan fingerprint density at radius 2 is 2.18 bits per heavy atom. The van der Waals surface area contributed by atoms with Gasteiger partial charge in [0.25, 0.3) is 0 Å². The Balaban J connectivity index is 2.50. The molecule has 6 nitrogen and oxygen atoms in total. The summed E-state index contributed by atoms with van der Waals surface area (Å²) in [6, 6.07) is 0. The molecular formula is C9H12ClN3O3S. The Morgan fingerprint density at radius 3 is 2.76 bits per heavy atom. The molecule has 0 unspecified atom stereocenters. The number of anilines is 1. The lowest BCUT2D eigenvalue weighted by Crippen LogP contribution is -2.26. The maximum absolute atomic E-state index is 11.2. The maximum Gasteiger partial charge on any atom is 0.351 e. The molecule has 0 atom stereocenters. The third kappa shape index (κ3) is 4.20. The highest BCUT2D eigenvalue weighted by atomic mass is 35.5. The third-order valence-electron chi connectivity index (χ3n) is 1.73. The number of carbonyl (C=O) groups excluding carboxylic acids is 2. The van der Waals surface area contributed by atoms with Gasteiger partial charge in [-0.05, 0) is 0 Å². The molecule has 2 N–H and O–H groups in total. The topological polar surface area (TPSA) is 80.3 Å². The van der Waals surface area contributed by atoms with Crippen molar-refractivity contribution in [2.24, 2.45) is 0 Å². The highest BCUT2D eigenvalue weighted by Gasteiger charge is 2.16. The van der Waals surface area contributed by atoms with E-state index < -0.39 is 5.97 Å². The lowest BCUT2D eigenvalue weighted by Gasteiger charge is -2.02. The number of hydrogen-bond donors (Lipinski definition) is 2. The lowest BCUT2D eigenvalue weighted by molar-refractivity contribution is -0.118. The fourth-order valence-electron chi connectivity index (χ4n) is 1.00. The van der Waals surface area contributed by atoms with Crippen LogP contribution in [0.15, 0.2) is 0 Å². The first-order chi connectivity index (χ1) is 8.04. The van der Waals surface area contributed by atoms with Gasteiger partial charge < -0.3 is 15.4 Å². The SMILES string of the molecule is COC(=O)c1sc(NCCNC(C)=O)nc1Cl. The van der Waals surface area contributed by atoms with Gasteiger partial charge in [0.15, 0.2) is 15.2 Å². The van der Waals surface area contributed by atoms with E-state index in [1.807, 2.05) is 0 Å². The Morgan fingerprint density at radius 1 is 1.47 bits per heavy atom. The van der Waals surface area contributed by atoms with Gasteiger partial charge in [0.05, 0.1) is 7.11 Å². The first-order valence-electron chi connectivity index (χ1n) is 4.77. The summed E-state index contributed by atoms with van der Waals surface area (Å²) in [5, 5.41) is 6.19. The van der Waals surface area contributed by atoms with Gasteiger partial charge in [-0.25, -0.2) is 9.78 Å². The van der Waals surface area contributed by atoms with Crippen LogP contribution < -0.4 is 10.6 Å². The minimum Gasteiger partial charge on any atom is -0.465 e. The number of hydrogen-bond acceptors (Lipinski definition) is 6. The molecule has 94 valence electrons. The van der Waals surface area contributed by atoms with Crippen LogP contribution in [0.2, 0.25) is 5.15 Å². The molecule has 0 aliphatic rings. The average molecular weight is 278 g/mol. The fourth-order valence-corrected chi connectivity index (χ4v) is 2.13. The van der Waals surface area contributed by atoms with Crippen LogP contribution in [-0.4, -0.2) is 37.1 Å². The number of halogens is 1. The number of thiazole rings is 1. The van der Waals surface area contributed by atoms with E-state index >= 15 is 0 Å². The molecule has 1 aromatic heterocycles. The summed E-state index contributed by atoms with van der Waals surface area (Å²) in [5.41, 5.74) is 0. The molecule has 0 fully saturated rings. The number of aromatic nitrogens is 1. The molecule has 0 saturated heterocycles. The molecule has 17 heavy (non-hydrogen) atoms. The predicted octanol–water partition coefficient (Wildman–Crippen LogP) is 1.13. The quantitative estimate of drug-likeness (QED) is 0.623. The lowest BCUT2D eigenvalue weighted by atomic mass is 10.5. The van der Waals surface area contributed by atoms with E-state index in [9.17, 15) is 9.59 Å². The second-order valence-electron chi connectivity index (χ2n) is 3.04. The number of nitrogens with one attached hydrogen (secondary N) is 2. The van der Waals surface area contributed by atoms with Gasteiger partial charge in [-0.15, -0.1) is 0 Å². The van der Waals surface area contributed by atoms with Crippen LogP contribution in [-0.2, 0) is 9.53 Å². The predicted molar refractivity (Wildman–Crippen MR) is 65.6 cm³/mol. The highest BCUT2D eigenvalue weighted by Crippen LogP contribution is 2.27. The molecule has 0 aliphatic heterocycles. The van der Waals surface area contributed by atoms with Crippen LogP contribution >= 0.6 is 22.9 Å². The zero-order valence-electron chi connectivity index (χ0n) is 9.37. The van der Waals surface area contributed by atoms with Crippen molar-refractivity contribution in [3.05, 3.63) is 10.0 Å². The molecule has 1 aromatic rings. The summed E-state index contributed by atoms with van der Waals surface area (Å²) in [6.45, 7) is 2.42. The minimum absolute atomic E-state index is 0.0979. The highest BCUT2D eigenvalue weighted by molar-refractivity contribution is 7.18. The number of rotatable bonds is 5. The molecule has 1 amide bonds. The molecule has 0 spiro atoms. The second kappa shape index (κ2) is 6.41. The number of methoxy groups -OCH3 is 1. The van der Waals surface area contributed by atoms with E-state index in [0.717, 1.165) is 11.3 Å². The third-order valence-corrected chi connectivity index (χ3v) is 3.11. The van der Waals surface area contributed by atoms with Gasteiger partial charge in [-0.3, -0.25) is 4.79 Å². The van der Waals surface area contributed by atoms with E-state index in [0.29, 0.717) is 18.2 Å². The van der Waals surface area contributed by atoms with Crippen molar-refractivity contribution >= 4 is 39.9 Å². The summed E-state index contributed by atoms with van der Waals surface area (Å²) in [4.78, 5) is 26.1. The van der Waals surface area contributed by atoms with Crippen LogP contribution in [0.3, 0.4) is 0 Å². The summed E-state index contributed by atoms with van der Waals surface area (Å²) < 4.78 is 4.55. The first kappa shape index (κ1) is 13.7. The Labute approximate surface area is 107 Å². The molecule has 1 heterocycles. The van der Waals surface area contributed by atoms with Crippen LogP contribution in [0.5, 0.6) is 0 Å². The van der Waals surface area contributed by atoms with E-state index in [2.05, 4.69) is 20.4 Å². The van der Waals surface area contributed by atoms with Crippen molar-refractivity contribution in [1.29, 1.82) is 0 Å². The van der Waals surface area contributed by atoms with Crippen molar-refractivity contribution in [2.45, 2.75) is 6.92 Å². The van der Waals surface area contributed by atoms with Crippen LogP contribution in [0.1, 0.15) is 16.6 Å². The minimum atomic E-state index is -0.512. The Hall–Kier alpha value is -1.34.